The van der Waals surface area contributed by atoms with Gasteiger partial charge in [-0.1, -0.05) is 19.1 Å². The van der Waals surface area contributed by atoms with Crippen LogP contribution in [0, 0.1) is 0 Å². The Balaban J connectivity index is 1.86. The zero-order valence-electron chi connectivity index (χ0n) is 14.8. The van der Waals surface area contributed by atoms with Gasteiger partial charge in [0.25, 0.3) is 0 Å². The van der Waals surface area contributed by atoms with E-state index in [0.717, 1.165) is 24.8 Å². The molecule has 0 amide bonds. The summed E-state index contributed by atoms with van der Waals surface area (Å²) in [5, 5.41) is 13.2. The Morgan fingerprint density at radius 3 is 2.56 bits per heavy atom. The molecule has 2 aromatic rings. The lowest BCUT2D eigenvalue weighted by Gasteiger charge is -2.21. The zero-order chi connectivity index (χ0) is 18.4. The van der Waals surface area contributed by atoms with Crippen LogP contribution >= 0.6 is 0 Å². The number of aliphatic carboxylic acids is 1. The number of hydrogen-bond acceptors (Lipinski definition) is 5. The van der Waals surface area contributed by atoms with Crippen LogP contribution in [0.25, 0.3) is 0 Å². The summed E-state index contributed by atoms with van der Waals surface area (Å²) in [4.78, 5) is 22.6. The van der Waals surface area contributed by atoms with E-state index in [4.69, 9.17) is 14.3 Å². The number of ether oxygens (including phenoxy) is 1. The Hall–Kier alpha value is -2.57. The highest BCUT2D eigenvalue weighted by Gasteiger charge is 2.29. The molecular weight excluding hydrogens is 324 g/mol. The largest absolute Gasteiger partial charge is 0.478 e. The Bertz CT molecular complexity index is 759. The monoisotopic (exact) mass is 348 g/mol. The smallest absolute Gasteiger partial charge is 0.437 e. The molecule has 7 nitrogen and oxygen atoms in total. The lowest BCUT2D eigenvalue weighted by atomic mass is 10.1. The van der Waals surface area contributed by atoms with E-state index in [1.807, 2.05) is 19.1 Å². The molecule has 0 radical (unpaired) electrons. The maximum absolute atomic E-state index is 11.5. The highest BCUT2D eigenvalue weighted by Crippen LogP contribution is 2.20. The Kier molecular flexibility index (Phi) is 6.01. The average Bonchev–Trinajstić information content (AvgIpc) is 2.89. The number of carboxylic acid groups (broad SMARTS) is 1. The van der Waals surface area contributed by atoms with E-state index >= 15 is 0 Å². The molecule has 1 aromatic carbocycles. The van der Waals surface area contributed by atoms with Crippen LogP contribution in [0.5, 0.6) is 5.75 Å². The number of nitrogens with zero attached hydrogens (tertiary/aromatic N) is 2. The van der Waals surface area contributed by atoms with Crippen LogP contribution in [-0.2, 0) is 24.2 Å². The molecule has 0 spiro atoms. The van der Waals surface area contributed by atoms with E-state index in [0.29, 0.717) is 24.6 Å². The van der Waals surface area contributed by atoms with Crippen LogP contribution in [0.2, 0.25) is 0 Å². The van der Waals surface area contributed by atoms with E-state index < -0.39 is 17.3 Å². The van der Waals surface area contributed by atoms with Gasteiger partial charge in [0.05, 0.1) is 0 Å². The summed E-state index contributed by atoms with van der Waals surface area (Å²) >= 11 is 0. The molecule has 7 heteroatoms. The van der Waals surface area contributed by atoms with Crippen molar-refractivity contribution in [3.63, 3.8) is 0 Å². The maximum atomic E-state index is 11.5. The van der Waals surface area contributed by atoms with E-state index in [2.05, 4.69) is 5.10 Å². The van der Waals surface area contributed by atoms with Crippen molar-refractivity contribution in [2.45, 2.75) is 58.6 Å². The number of benzene rings is 1. The zero-order valence-corrected chi connectivity index (χ0v) is 14.8. The molecule has 0 aliphatic heterocycles. The number of hydrogen-bond donors (Lipinski definition) is 1. The normalized spacial score (nSPS) is 11.5. The molecule has 25 heavy (non-hydrogen) atoms. The average molecular weight is 348 g/mol. The predicted octanol–water partition coefficient (Wildman–Crippen LogP) is 2.66. The van der Waals surface area contributed by atoms with Gasteiger partial charge >= 0.3 is 11.7 Å². The SMILES string of the molecule is CCCn1nc(CCCc2ccc(OC(C)(C)C(=O)O)cc2)oc1=O. The molecule has 2 rings (SSSR count). The molecule has 136 valence electrons. The molecule has 0 aliphatic carbocycles. The first-order chi connectivity index (χ1) is 11.8. The topological polar surface area (TPSA) is 94.6 Å². The molecule has 1 heterocycles. The highest BCUT2D eigenvalue weighted by atomic mass is 16.5. The fourth-order valence-electron chi connectivity index (χ4n) is 2.31. The lowest BCUT2D eigenvalue weighted by molar-refractivity contribution is -0.152. The second-order valence-corrected chi connectivity index (χ2v) is 6.40. The summed E-state index contributed by atoms with van der Waals surface area (Å²) in [5.74, 6) is -0.443. The molecule has 0 saturated heterocycles. The number of rotatable bonds is 9. The fraction of sp³-hybridized carbons (Fsp3) is 0.500. The molecule has 0 fully saturated rings. The van der Waals surface area contributed by atoms with Gasteiger partial charge in [-0.2, -0.15) is 4.68 Å². The van der Waals surface area contributed by atoms with Gasteiger partial charge < -0.3 is 14.3 Å². The predicted molar refractivity (Wildman–Crippen MR) is 91.9 cm³/mol. The Morgan fingerprint density at radius 1 is 1.28 bits per heavy atom. The van der Waals surface area contributed by atoms with Crippen molar-refractivity contribution in [2.75, 3.05) is 0 Å². The van der Waals surface area contributed by atoms with Gasteiger partial charge in [-0.3, -0.25) is 0 Å². The van der Waals surface area contributed by atoms with Gasteiger partial charge in [0.1, 0.15) is 5.75 Å². The van der Waals surface area contributed by atoms with Crippen molar-refractivity contribution < 1.29 is 19.1 Å². The third-order valence-corrected chi connectivity index (χ3v) is 3.75. The second kappa shape index (κ2) is 8.00. The summed E-state index contributed by atoms with van der Waals surface area (Å²) in [6.07, 6.45) is 3.02. The fourth-order valence-corrected chi connectivity index (χ4v) is 2.31. The van der Waals surface area contributed by atoms with Crippen LogP contribution in [-0.4, -0.2) is 26.5 Å². The number of aromatic nitrogens is 2. The van der Waals surface area contributed by atoms with Crippen LogP contribution in [0.3, 0.4) is 0 Å². The van der Waals surface area contributed by atoms with Crippen molar-refractivity contribution in [1.82, 2.24) is 9.78 Å². The summed E-state index contributed by atoms with van der Waals surface area (Å²) in [6, 6.07) is 7.32. The molecule has 0 atom stereocenters. The van der Waals surface area contributed by atoms with Crippen LogP contribution in [0.1, 0.15) is 45.1 Å². The van der Waals surface area contributed by atoms with Crippen molar-refractivity contribution in [3.8, 4) is 5.75 Å². The van der Waals surface area contributed by atoms with E-state index in [1.54, 1.807) is 12.1 Å². The minimum absolute atomic E-state index is 0.403. The molecule has 0 saturated carbocycles. The first-order valence-corrected chi connectivity index (χ1v) is 8.40. The Morgan fingerprint density at radius 2 is 1.96 bits per heavy atom. The molecular formula is C18H24N2O5. The molecule has 0 unspecified atom stereocenters. The lowest BCUT2D eigenvalue weighted by Crippen LogP contribution is -2.37. The third-order valence-electron chi connectivity index (χ3n) is 3.75. The van der Waals surface area contributed by atoms with Crippen molar-refractivity contribution in [2.24, 2.45) is 0 Å². The summed E-state index contributed by atoms with van der Waals surface area (Å²) < 4.78 is 11.9. The number of aryl methyl sites for hydroxylation is 3. The quantitative estimate of drug-likeness (QED) is 0.748. The summed E-state index contributed by atoms with van der Waals surface area (Å²) in [6.45, 7) is 5.56. The Labute approximate surface area is 146 Å². The molecule has 1 aromatic heterocycles. The van der Waals surface area contributed by atoms with Gasteiger partial charge in [-0.05, 0) is 50.8 Å². The molecule has 0 bridgehead atoms. The second-order valence-electron chi connectivity index (χ2n) is 6.40. The van der Waals surface area contributed by atoms with Crippen molar-refractivity contribution in [1.29, 1.82) is 0 Å². The van der Waals surface area contributed by atoms with E-state index in [9.17, 15) is 9.59 Å². The van der Waals surface area contributed by atoms with Gasteiger partial charge in [0.2, 0.25) is 5.89 Å². The standard InChI is InChI=1S/C18H24N2O5/c1-4-12-20-17(23)24-15(19-20)7-5-6-13-8-10-14(11-9-13)25-18(2,3)16(21)22/h8-11H,4-7,12H2,1-3H3,(H,21,22). The van der Waals surface area contributed by atoms with Crippen molar-refractivity contribution >= 4 is 5.97 Å². The minimum atomic E-state index is -1.27. The van der Waals surface area contributed by atoms with Crippen LogP contribution in [0.15, 0.2) is 33.5 Å². The van der Waals surface area contributed by atoms with Crippen LogP contribution in [0.4, 0.5) is 0 Å². The van der Waals surface area contributed by atoms with Crippen LogP contribution < -0.4 is 10.5 Å². The highest BCUT2D eigenvalue weighted by molar-refractivity contribution is 5.76. The third kappa shape index (κ3) is 5.20. The number of carbonyl (C=O) groups is 1. The van der Waals surface area contributed by atoms with Crippen molar-refractivity contribution in [3.05, 3.63) is 46.3 Å². The minimum Gasteiger partial charge on any atom is -0.478 e. The molecule has 1 N–H and O–H groups in total. The van der Waals surface area contributed by atoms with E-state index in [-0.39, 0.29) is 0 Å². The van der Waals surface area contributed by atoms with E-state index in [1.165, 1.54) is 18.5 Å². The van der Waals surface area contributed by atoms with Gasteiger partial charge in [-0.15, -0.1) is 5.10 Å². The maximum Gasteiger partial charge on any atom is 0.437 e. The first kappa shape index (κ1) is 18.8. The first-order valence-electron chi connectivity index (χ1n) is 8.40. The summed E-state index contributed by atoms with van der Waals surface area (Å²) in [5.41, 5.74) is -0.174. The summed E-state index contributed by atoms with van der Waals surface area (Å²) in [7, 11) is 0. The van der Waals surface area contributed by atoms with Gasteiger partial charge in [-0.25, -0.2) is 9.59 Å². The number of carboxylic acids is 1. The van der Waals surface area contributed by atoms with Gasteiger partial charge in [0.15, 0.2) is 5.60 Å². The van der Waals surface area contributed by atoms with Gasteiger partial charge in [0, 0.05) is 13.0 Å². The molecule has 0 aliphatic rings.